The molecule has 3 rings (SSSR count). The molecule has 7 heteroatoms. The topological polar surface area (TPSA) is 102 Å². The maximum absolute atomic E-state index is 12.7. The fourth-order valence-corrected chi connectivity index (χ4v) is 3.13. The van der Waals surface area contributed by atoms with Crippen molar-refractivity contribution in [3.63, 3.8) is 0 Å². The molecule has 0 aliphatic carbocycles. The van der Waals surface area contributed by atoms with Crippen molar-refractivity contribution in [2.75, 3.05) is 18.4 Å². The predicted octanol–water partition coefficient (Wildman–Crippen LogP) is 1.97. The highest BCUT2D eigenvalue weighted by molar-refractivity contribution is 5.95. The predicted molar refractivity (Wildman–Crippen MR) is 105 cm³/mol. The normalized spacial score (nSPS) is 14.7. The maximum atomic E-state index is 12.7. The second kappa shape index (κ2) is 8.56. The molecule has 0 spiro atoms. The third kappa shape index (κ3) is 4.49. The second-order valence-corrected chi connectivity index (χ2v) is 6.58. The van der Waals surface area contributed by atoms with Gasteiger partial charge in [0.1, 0.15) is 5.75 Å². The number of ether oxygens (including phenoxy) is 1. The first kappa shape index (κ1) is 19.4. The first-order chi connectivity index (χ1) is 13.5. The zero-order valence-corrected chi connectivity index (χ0v) is 15.7. The highest BCUT2D eigenvalue weighted by atomic mass is 16.5. The van der Waals surface area contributed by atoms with Gasteiger partial charge in [-0.05, 0) is 42.8 Å². The molecule has 28 heavy (non-hydrogen) atoms. The van der Waals surface area contributed by atoms with E-state index in [4.69, 9.17) is 10.5 Å². The molecule has 3 amide bonds. The van der Waals surface area contributed by atoms with Gasteiger partial charge in [-0.25, -0.2) is 0 Å². The molecule has 0 aromatic heterocycles. The molecular weight excluding hydrogens is 358 g/mol. The number of carbonyl (C=O) groups is 3. The van der Waals surface area contributed by atoms with Crippen molar-refractivity contribution in [2.45, 2.75) is 25.9 Å². The number of rotatable bonds is 7. The lowest BCUT2D eigenvalue weighted by molar-refractivity contribution is -0.138. The van der Waals surface area contributed by atoms with E-state index in [1.165, 1.54) is 0 Å². The summed E-state index contributed by atoms with van der Waals surface area (Å²) >= 11 is 0. The molecule has 7 nitrogen and oxygen atoms in total. The van der Waals surface area contributed by atoms with Crippen LogP contribution in [0.3, 0.4) is 0 Å². The molecule has 1 heterocycles. The first-order valence-electron chi connectivity index (χ1n) is 9.21. The minimum absolute atomic E-state index is 0.114. The zero-order valence-electron chi connectivity index (χ0n) is 15.7. The lowest BCUT2D eigenvalue weighted by atomic mass is 10.1. The van der Waals surface area contributed by atoms with Crippen molar-refractivity contribution in [1.82, 2.24) is 4.90 Å². The molecule has 2 aromatic carbocycles. The fourth-order valence-electron chi connectivity index (χ4n) is 3.13. The molecule has 0 bridgehead atoms. The number of anilines is 1. The lowest BCUT2D eigenvalue weighted by Crippen LogP contribution is -2.42. The number of hydrogen-bond donors (Lipinski definition) is 2. The third-order valence-electron chi connectivity index (χ3n) is 4.68. The molecule has 0 saturated carbocycles. The van der Waals surface area contributed by atoms with Gasteiger partial charge in [0.2, 0.25) is 11.8 Å². The summed E-state index contributed by atoms with van der Waals surface area (Å²) in [5, 5.41) is 2.75. The average molecular weight is 381 g/mol. The summed E-state index contributed by atoms with van der Waals surface area (Å²) in [7, 11) is 0. The van der Waals surface area contributed by atoms with Gasteiger partial charge in [0.25, 0.3) is 5.91 Å². The minimum atomic E-state index is -0.540. The van der Waals surface area contributed by atoms with E-state index >= 15 is 0 Å². The van der Waals surface area contributed by atoms with Crippen molar-refractivity contribution in [3.8, 4) is 5.75 Å². The Bertz CT molecular complexity index is 854. The number of nitrogens with zero attached hydrogens (tertiary/aromatic N) is 1. The van der Waals surface area contributed by atoms with Crippen LogP contribution in [0.4, 0.5) is 5.69 Å². The Morgan fingerprint density at radius 1 is 1.14 bits per heavy atom. The number of para-hydroxylation sites is 1. The molecule has 3 N–H and O–H groups in total. The molecule has 1 unspecified atom stereocenters. The minimum Gasteiger partial charge on any atom is -0.480 e. The van der Waals surface area contributed by atoms with Crippen molar-refractivity contribution in [2.24, 2.45) is 5.73 Å². The van der Waals surface area contributed by atoms with E-state index in [-0.39, 0.29) is 18.2 Å². The van der Waals surface area contributed by atoms with Crippen LogP contribution in [0, 0.1) is 0 Å². The van der Waals surface area contributed by atoms with E-state index in [0.29, 0.717) is 30.8 Å². The second-order valence-electron chi connectivity index (χ2n) is 6.58. The summed E-state index contributed by atoms with van der Waals surface area (Å²) in [5.41, 5.74) is 7.16. The molecule has 2 aromatic rings. The van der Waals surface area contributed by atoms with Gasteiger partial charge >= 0.3 is 0 Å². The van der Waals surface area contributed by atoms with Crippen LogP contribution in [0.15, 0.2) is 48.5 Å². The Labute approximate surface area is 163 Å². The molecule has 1 atom stereocenters. The number of likely N-dealkylation sites (N-methyl/N-ethyl adjacent to an activating group) is 1. The van der Waals surface area contributed by atoms with Crippen LogP contribution in [0.1, 0.15) is 29.3 Å². The standard InChI is InChI=1S/C21H23N3O4/c1-2-24(21(27)18-13-15-5-3-4-6-17(15)28-18)12-11-19(25)23-16-9-7-14(8-10-16)20(22)26/h3-10,18H,2,11-13H2,1H3,(H2,22,26)(H,23,25). The lowest BCUT2D eigenvalue weighted by Gasteiger charge is -2.23. The van der Waals surface area contributed by atoms with Gasteiger partial charge in [-0.2, -0.15) is 0 Å². The van der Waals surface area contributed by atoms with Crippen LogP contribution in [0.5, 0.6) is 5.75 Å². The van der Waals surface area contributed by atoms with Crippen molar-refractivity contribution in [1.29, 1.82) is 0 Å². The molecule has 1 aliphatic rings. The van der Waals surface area contributed by atoms with Crippen LogP contribution in [-0.4, -0.2) is 41.8 Å². The fraction of sp³-hybridized carbons (Fsp3) is 0.286. The molecule has 1 aliphatic heterocycles. The monoisotopic (exact) mass is 381 g/mol. The summed E-state index contributed by atoms with van der Waals surface area (Å²) in [6, 6.07) is 13.9. The Kier molecular flexibility index (Phi) is 5.93. The van der Waals surface area contributed by atoms with Crippen molar-refractivity contribution >= 4 is 23.4 Å². The van der Waals surface area contributed by atoms with Gasteiger partial charge < -0.3 is 20.7 Å². The van der Waals surface area contributed by atoms with Crippen LogP contribution < -0.4 is 15.8 Å². The van der Waals surface area contributed by atoms with E-state index in [1.807, 2.05) is 31.2 Å². The third-order valence-corrected chi connectivity index (χ3v) is 4.68. The number of benzene rings is 2. The van der Waals surface area contributed by atoms with Gasteiger partial charge in [-0.3, -0.25) is 14.4 Å². The summed E-state index contributed by atoms with van der Waals surface area (Å²) in [6.07, 6.45) is 0.169. The first-order valence-corrected chi connectivity index (χ1v) is 9.21. The van der Waals surface area contributed by atoms with Crippen LogP contribution >= 0.6 is 0 Å². The Morgan fingerprint density at radius 3 is 2.50 bits per heavy atom. The van der Waals surface area contributed by atoms with Gasteiger partial charge in [-0.1, -0.05) is 18.2 Å². The number of amides is 3. The summed E-state index contributed by atoms with van der Waals surface area (Å²) in [4.78, 5) is 37.7. The van der Waals surface area contributed by atoms with E-state index in [0.717, 1.165) is 11.3 Å². The van der Waals surface area contributed by atoms with Crippen LogP contribution in [0.25, 0.3) is 0 Å². The summed E-state index contributed by atoms with van der Waals surface area (Å²) in [5.74, 6) is -0.105. The Balaban J connectivity index is 1.51. The molecular formula is C21H23N3O4. The summed E-state index contributed by atoms with van der Waals surface area (Å²) in [6.45, 7) is 2.67. The maximum Gasteiger partial charge on any atom is 0.263 e. The molecule has 146 valence electrons. The highest BCUT2D eigenvalue weighted by Crippen LogP contribution is 2.29. The van der Waals surface area contributed by atoms with Crippen molar-refractivity contribution in [3.05, 3.63) is 59.7 Å². The smallest absolute Gasteiger partial charge is 0.263 e. The van der Waals surface area contributed by atoms with Crippen LogP contribution in [0.2, 0.25) is 0 Å². The van der Waals surface area contributed by atoms with Crippen molar-refractivity contribution < 1.29 is 19.1 Å². The number of nitrogens with two attached hydrogens (primary N) is 1. The Hall–Kier alpha value is -3.35. The van der Waals surface area contributed by atoms with E-state index in [2.05, 4.69) is 5.32 Å². The SMILES string of the molecule is CCN(CCC(=O)Nc1ccc(C(N)=O)cc1)C(=O)C1Cc2ccccc2O1. The number of fused-ring (bicyclic) bond motifs is 1. The number of carbonyl (C=O) groups excluding carboxylic acids is 3. The average Bonchev–Trinajstić information content (AvgIpc) is 3.13. The van der Waals surface area contributed by atoms with Gasteiger partial charge in [0.15, 0.2) is 6.10 Å². The largest absolute Gasteiger partial charge is 0.480 e. The number of hydrogen-bond acceptors (Lipinski definition) is 4. The molecule has 0 radical (unpaired) electrons. The van der Waals surface area contributed by atoms with Gasteiger partial charge in [0.05, 0.1) is 0 Å². The van der Waals surface area contributed by atoms with E-state index < -0.39 is 12.0 Å². The quantitative estimate of drug-likeness (QED) is 0.765. The van der Waals surface area contributed by atoms with Gasteiger partial charge in [-0.15, -0.1) is 0 Å². The molecule has 0 fully saturated rings. The van der Waals surface area contributed by atoms with Crippen LogP contribution in [-0.2, 0) is 16.0 Å². The highest BCUT2D eigenvalue weighted by Gasteiger charge is 2.31. The Morgan fingerprint density at radius 2 is 1.86 bits per heavy atom. The van der Waals surface area contributed by atoms with E-state index in [9.17, 15) is 14.4 Å². The van der Waals surface area contributed by atoms with E-state index in [1.54, 1.807) is 29.2 Å². The number of nitrogens with one attached hydrogen (secondary N) is 1. The molecule has 0 saturated heterocycles. The number of primary amides is 1. The zero-order chi connectivity index (χ0) is 20.1. The van der Waals surface area contributed by atoms with Gasteiger partial charge in [0, 0.05) is 37.2 Å². The summed E-state index contributed by atoms with van der Waals surface area (Å²) < 4.78 is 5.75.